The highest BCUT2D eigenvalue weighted by molar-refractivity contribution is 7.91. The highest BCUT2D eigenvalue weighted by atomic mass is 32.2. The zero-order valence-corrected chi connectivity index (χ0v) is 24.8. The molecule has 0 aliphatic carbocycles. The first kappa shape index (κ1) is 30.2. The highest BCUT2D eigenvalue weighted by Crippen LogP contribution is 2.27. The SMILES string of the molecule is CCOC(=O)C1=NCC2=C1CCS(=O)(=O)C2.C[Si](C)(C)CCOCn1nc(C(=O)O)c2c1CS(=O)(=O)CC2. The van der Waals surface area contributed by atoms with Crippen molar-refractivity contribution in [1.82, 2.24) is 9.78 Å². The van der Waals surface area contributed by atoms with Crippen molar-refractivity contribution in [2.45, 2.75) is 57.9 Å². The predicted octanol–water partition coefficient (Wildman–Crippen LogP) is 1.48. The van der Waals surface area contributed by atoms with Crippen LogP contribution in [0.1, 0.15) is 35.1 Å². The van der Waals surface area contributed by atoms with Crippen LogP contribution in [0.25, 0.3) is 0 Å². The lowest BCUT2D eigenvalue weighted by atomic mass is 10.0. The van der Waals surface area contributed by atoms with Gasteiger partial charge >= 0.3 is 11.9 Å². The number of fused-ring (bicyclic) bond motifs is 1. The third-order valence-electron chi connectivity index (χ3n) is 6.27. The predicted molar refractivity (Wildman–Crippen MR) is 144 cm³/mol. The second kappa shape index (κ2) is 11.8. The number of ether oxygens (including phenoxy) is 2. The quantitative estimate of drug-likeness (QED) is 0.266. The van der Waals surface area contributed by atoms with Gasteiger partial charge in [0.1, 0.15) is 12.4 Å². The lowest BCUT2D eigenvalue weighted by molar-refractivity contribution is -0.134. The molecule has 1 aromatic rings. The van der Waals surface area contributed by atoms with Gasteiger partial charge in [0.15, 0.2) is 25.4 Å². The minimum Gasteiger partial charge on any atom is -0.476 e. The van der Waals surface area contributed by atoms with Crippen LogP contribution in [-0.2, 0) is 52.8 Å². The van der Waals surface area contributed by atoms with Gasteiger partial charge in [-0.25, -0.2) is 31.1 Å². The number of hydrogen-bond acceptors (Lipinski definition) is 10. The number of aromatic nitrogens is 2. The Kier molecular flexibility index (Phi) is 9.37. The molecule has 0 radical (unpaired) electrons. The fourth-order valence-corrected chi connectivity index (χ4v) is 7.86. The molecule has 4 heterocycles. The van der Waals surface area contributed by atoms with Gasteiger partial charge in [-0.1, -0.05) is 19.6 Å². The number of aromatic carboxylic acids is 1. The Morgan fingerprint density at radius 1 is 1.05 bits per heavy atom. The number of carboxylic acids is 1. The number of carbonyl (C=O) groups excluding carboxylic acids is 1. The van der Waals surface area contributed by atoms with E-state index in [9.17, 15) is 31.5 Å². The van der Waals surface area contributed by atoms with E-state index in [0.29, 0.717) is 43.1 Å². The normalized spacial score (nSPS) is 19.5. The van der Waals surface area contributed by atoms with Gasteiger partial charge < -0.3 is 14.6 Å². The Hall–Kier alpha value is -2.36. The maximum absolute atomic E-state index is 11.8. The van der Waals surface area contributed by atoms with Crippen molar-refractivity contribution >= 4 is 45.4 Å². The summed E-state index contributed by atoms with van der Waals surface area (Å²) >= 11 is 0. The maximum Gasteiger partial charge on any atom is 0.356 e. The number of sulfone groups is 2. The number of hydrogen-bond donors (Lipinski definition) is 1. The highest BCUT2D eigenvalue weighted by Gasteiger charge is 2.33. The number of rotatable bonds is 8. The van der Waals surface area contributed by atoms with Gasteiger partial charge in [0.05, 0.1) is 41.9 Å². The average Bonchev–Trinajstić information content (AvgIpc) is 3.36. The number of aliphatic imine (C=N–C) groups is 1. The minimum absolute atomic E-state index is 0.0253. The van der Waals surface area contributed by atoms with E-state index < -0.39 is 39.7 Å². The molecule has 0 unspecified atom stereocenters. The summed E-state index contributed by atoms with van der Waals surface area (Å²) in [6, 6.07) is 0.987. The first-order valence-corrected chi connectivity index (χ1v) is 19.7. The van der Waals surface area contributed by atoms with E-state index in [4.69, 9.17) is 9.47 Å². The summed E-state index contributed by atoms with van der Waals surface area (Å²) in [5.41, 5.74) is 2.79. The largest absolute Gasteiger partial charge is 0.476 e. The summed E-state index contributed by atoms with van der Waals surface area (Å²) < 4.78 is 58.2. The monoisotopic (exact) mass is 589 g/mol. The number of carbonyl (C=O) groups is 2. The Labute approximate surface area is 224 Å². The van der Waals surface area contributed by atoms with Gasteiger partial charge in [-0.15, -0.1) is 0 Å². The van der Waals surface area contributed by atoms with Gasteiger partial charge in [-0.05, 0) is 37.0 Å². The third kappa shape index (κ3) is 7.83. The fourth-order valence-electron chi connectivity index (χ4n) is 4.25. The Balaban J connectivity index is 0.000000221. The summed E-state index contributed by atoms with van der Waals surface area (Å²) in [7, 11) is -7.37. The van der Waals surface area contributed by atoms with E-state index >= 15 is 0 Å². The van der Waals surface area contributed by atoms with E-state index in [1.807, 2.05) is 0 Å². The summed E-state index contributed by atoms with van der Waals surface area (Å²) in [6.45, 7) is 9.73. The van der Waals surface area contributed by atoms with Crippen LogP contribution >= 0.6 is 0 Å². The Morgan fingerprint density at radius 3 is 2.34 bits per heavy atom. The summed E-state index contributed by atoms with van der Waals surface area (Å²) in [5.74, 6) is -1.62. The van der Waals surface area contributed by atoms with Gasteiger partial charge in [0.25, 0.3) is 0 Å². The van der Waals surface area contributed by atoms with Crippen molar-refractivity contribution in [3.63, 3.8) is 0 Å². The van der Waals surface area contributed by atoms with Crippen molar-refractivity contribution in [2.75, 3.05) is 37.0 Å². The van der Waals surface area contributed by atoms with Crippen LogP contribution in [-0.4, -0.2) is 94.5 Å². The molecule has 3 aliphatic heterocycles. The first-order valence-electron chi connectivity index (χ1n) is 12.4. The molecule has 0 saturated heterocycles. The molecule has 0 amide bonds. The third-order valence-corrected chi connectivity index (χ3v) is 11.1. The second-order valence-electron chi connectivity index (χ2n) is 10.6. The maximum atomic E-state index is 11.8. The van der Waals surface area contributed by atoms with Crippen molar-refractivity contribution < 1.29 is 41.0 Å². The summed E-state index contributed by atoms with van der Waals surface area (Å²) in [6.07, 6.45) is 0.587. The molecule has 0 bridgehead atoms. The van der Waals surface area contributed by atoms with Crippen molar-refractivity contribution in [2.24, 2.45) is 4.99 Å². The molecule has 212 valence electrons. The van der Waals surface area contributed by atoms with Crippen molar-refractivity contribution in [3.05, 3.63) is 28.1 Å². The lowest BCUT2D eigenvalue weighted by Gasteiger charge is -2.17. The minimum atomic E-state index is -3.19. The zero-order chi connectivity index (χ0) is 28.3. The molecular formula is C23H35N3O9S2Si. The molecule has 38 heavy (non-hydrogen) atoms. The van der Waals surface area contributed by atoms with E-state index in [1.165, 1.54) is 4.68 Å². The summed E-state index contributed by atoms with van der Waals surface area (Å²) in [4.78, 5) is 26.8. The number of esters is 1. The Morgan fingerprint density at radius 2 is 1.71 bits per heavy atom. The molecule has 0 aromatic carbocycles. The van der Waals surface area contributed by atoms with E-state index in [2.05, 4.69) is 29.7 Å². The molecule has 0 saturated carbocycles. The van der Waals surface area contributed by atoms with Gasteiger partial charge in [0.2, 0.25) is 0 Å². The molecule has 1 aromatic heterocycles. The van der Waals surface area contributed by atoms with Crippen LogP contribution in [0.3, 0.4) is 0 Å². The zero-order valence-electron chi connectivity index (χ0n) is 22.1. The average molecular weight is 590 g/mol. The summed E-state index contributed by atoms with van der Waals surface area (Å²) in [5, 5.41) is 13.2. The van der Waals surface area contributed by atoms with Crippen LogP contribution in [0.2, 0.25) is 25.7 Å². The standard InChI is InChI=1S/C13H22N2O5SSi.C10H13NO4S/c1-22(2,3)7-5-20-9-15-11-8-21(18,19)6-4-10(11)12(14-15)13(16)17;1-2-15-10(12)9-8-3-4-16(13,14)6-7(8)5-11-9/h4-9H2,1-3H3,(H,16,17);2-6H2,1H3. The van der Waals surface area contributed by atoms with Crippen LogP contribution in [0.4, 0.5) is 0 Å². The van der Waals surface area contributed by atoms with E-state index in [1.54, 1.807) is 6.92 Å². The van der Waals surface area contributed by atoms with Gasteiger partial charge in [-0.3, -0.25) is 4.99 Å². The van der Waals surface area contributed by atoms with E-state index in [-0.39, 0.29) is 41.9 Å². The van der Waals surface area contributed by atoms with Crippen LogP contribution in [0.15, 0.2) is 16.1 Å². The van der Waals surface area contributed by atoms with Gasteiger partial charge in [0, 0.05) is 20.2 Å². The van der Waals surface area contributed by atoms with Crippen molar-refractivity contribution in [3.8, 4) is 0 Å². The fraction of sp³-hybridized carbons (Fsp3) is 0.652. The Bertz CT molecular complexity index is 1370. The molecule has 4 rings (SSSR count). The van der Waals surface area contributed by atoms with E-state index in [0.717, 1.165) is 17.2 Å². The van der Waals surface area contributed by atoms with Crippen LogP contribution in [0, 0.1) is 0 Å². The first-order chi connectivity index (χ1) is 17.6. The molecule has 12 nitrogen and oxygen atoms in total. The molecule has 1 N–H and O–H groups in total. The lowest BCUT2D eigenvalue weighted by Crippen LogP contribution is -2.25. The molecule has 15 heteroatoms. The number of carboxylic acid groups (broad SMARTS) is 1. The van der Waals surface area contributed by atoms with Crippen LogP contribution in [0.5, 0.6) is 0 Å². The number of nitrogens with zero attached hydrogens (tertiary/aromatic N) is 3. The smallest absolute Gasteiger partial charge is 0.356 e. The molecular weight excluding hydrogens is 554 g/mol. The second-order valence-corrected chi connectivity index (χ2v) is 20.6. The van der Waals surface area contributed by atoms with Crippen molar-refractivity contribution in [1.29, 1.82) is 0 Å². The van der Waals surface area contributed by atoms with Gasteiger partial charge in [-0.2, -0.15) is 5.10 Å². The molecule has 0 spiro atoms. The van der Waals surface area contributed by atoms with Crippen LogP contribution < -0.4 is 0 Å². The molecule has 0 atom stereocenters. The molecule has 0 fully saturated rings. The molecule has 3 aliphatic rings. The topological polar surface area (TPSA) is 171 Å².